The second-order valence-electron chi connectivity index (χ2n) is 5.72. The van der Waals surface area contributed by atoms with Gasteiger partial charge in [0.2, 0.25) is 0 Å². The van der Waals surface area contributed by atoms with Gasteiger partial charge in [0, 0.05) is 37.0 Å². The first-order chi connectivity index (χ1) is 10.7. The maximum absolute atomic E-state index is 4.25. The van der Waals surface area contributed by atoms with Crippen LogP contribution in [0.25, 0.3) is 0 Å². The van der Waals surface area contributed by atoms with E-state index in [2.05, 4.69) is 62.5 Å². The summed E-state index contributed by atoms with van der Waals surface area (Å²) in [5, 5.41) is 0. The van der Waals surface area contributed by atoms with Crippen molar-refractivity contribution in [2.45, 2.75) is 40.0 Å². The Hall–Kier alpha value is -1.06. The summed E-state index contributed by atoms with van der Waals surface area (Å²) in [5.41, 5.74) is 9.51. The molecule has 23 heavy (non-hydrogen) atoms. The number of hydrogen-bond acceptors (Lipinski definition) is 1. The van der Waals surface area contributed by atoms with Gasteiger partial charge < -0.3 is 4.99 Å². The van der Waals surface area contributed by atoms with Crippen LogP contribution in [0.4, 0.5) is 0 Å². The van der Waals surface area contributed by atoms with Crippen LogP contribution in [0.1, 0.15) is 40.0 Å². The summed E-state index contributed by atoms with van der Waals surface area (Å²) in [4.78, 5) is 4.25. The van der Waals surface area contributed by atoms with Crippen molar-refractivity contribution in [3.63, 3.8) is 0 Å². The molecule has 2 heteroatoms. The molecule has 2 rings (SSSR count). The third-order valence-corrected chi connectivity index (χ3v) is 4.06. The van der Waals surface area contributed by atoms with Crippen molar-refractivity contribution in [1.29, 1.82) is 0 Å². The van der Waals surface area contributed by atoms with Crippen molar-refractivity contribution in [2.24, 2.45) is 10.9 Å². The van der Waals surface area contributed by atoms with Crippen LogP contribution < -0.4 is 0 Å². The van der Waals surface area contributed by atoms with Gasteiger partial charge in [0.1, 0.15) is 0 Å². The molecule has 0 radical (unpaired) electrons. The van der Waals surface area contributed by atoms with Crippen LogP contribution in [0.5, 0.6) is 0 Å². The SMILES string of the molecule is C=C=CCC1C=C1C1=C(/C=C(C)/C(C)=C\CC)C=N[C-]=CC1.[U]. The molecule has 0 aromatic carbocycles. The molecule has 0 aromatic heterocycles. The van der Waals surface area contributed by atoms with Gasteiger partial charge in [-0.3, -0.25) is 0 Å². The summed E-state index contributed by atoms with van der Waals surface area (Å²) in [7, 11) is 0. The van der Waals surface area contributed by atoms with Gasteiger partial charge >= 0.3 is 0 Å². The van der Waals surface area contributed by atoms with Crippen LogP contribution in [-0.2, 0) is 0 Å². The number of aliphatic imine (C=N–C) groups is 1. The van der Waals surface area contributed by atoms with Crippen molar-refractivity contribution in [1.82, 2.24) is 0 Å². The van der Waals surface area contributed by atoms with E-state index in [1.165, 1.54) is 27.9 Å². The number of rotatable bonds is 6. The van der Waals surface area contributed by atoms with E-state index in [4.69, 9.17) is 0 Å². The fourth-order valence-electron chi connectivity index (χ4n) is 2.62. The van der Waals surface area contributed by atoms with E-state index in [9.17, 15) is 0 Å². The summed E-state index contributed by atoms with van der Waals surface area (Å²) >= 11 is 0. The van der Waals surface area contributed by atoms with Crippen LogP contribution in [0.2, 0.25) is 0 Å². The van der Waals surface area contributed by atoms with Gasteiger partial charge in [-0.1, -0.05) is 48.5 Å². The molecular weight excluding hydrogens is 504 g/mol. The maximum atomic E-state index is 4.25. The molecule has 0 bridgehead atoms. The van der Waals surface area contributed by atoms with Gasteiger partial charge in [-0.05, 0) is 50.3 Å². The Balaban J connectivity index is 0.00000264. The fourth-order valence-corrected chi connectivity index (χ4v) is 2.62. The quantitative estimate of drug-likeness (QED) is 0.240. The minimum absolute atomic E-state index is 0. The third-order valence-electron chi connectivity index (χ3n) is 4.06. The van der Waals surface area contributed by atoms with Crippen molar-refractivity contribution in [2.75, 3.05) is 0 Å². The van der Waals surface area contributed by atoms with E-state index < -0.39 is 0 Å². The average Bonchev–Trinajstić information content (AvgIpc) is 3.28. The first-order valence-electron chi connectivity index (χ1n) is 7.92. The molecule has 1 aliphatic carbocycles. The van der Waals surface area contributed by atoms with Crippen LogP contribution in [0.15, 0.2) is 75.5 Å². The van der Waals surface area contributed by atoms with E-state index in [1.807, 2.05) is 18.4 Å². The first kappa shape index (κ1) is 20.0. The molecule has 1 nitrogen and oxygen atoms in total. The Bertz CT molecular complexity index is 662. The minimum atomic E-state index is 0. The van der Waals surface area contributed by atoms with E-state index >= 15 is 0 Å². The largest absolute Gasteiger partial charge is 0.459 e. The smallest absolute Gasteiger partial charge is 0.00642 e. The molecule has 0 aromatic rings. The van der Waals surface area contributed by atoms with Gasteiger partial charge in [0.15, 0.2) is 0 Å². The molecule has 0 saturated heterocycles. The summed E-state index contributed by atoms with van der Waals surface area (Å²) in [6.45, 7) is 10.1. The predicted octanol–water partition coefficient (Wildman–Crippen LogP) is 5.66. The summed E-state index contributed by atoms with van der Waals surface area (Å²) < 4.78 is 0. The van der Waals surface area contributed by atoms with Crippen LogP contribution in [0, 0.1) is 43.2 Å². The molecule has 1 unspecified atom stereocenters. The van der Waals surface area contributed by atoms with Gasteiger partial charge in [-0.25, -0.2) is 0 Å². The Morgan fingerprint density at radius 3 is 2.91 bits per heavy atom. The van der Waals surface area contributed by atoms with Crippen molar-refractivity contribution < 1.29 is 31.1 Å². The molecule has 1 aliphatic heterocycles. The molecule has 0 spiro atoms. The first-order valence-corrected chi connectivity index (χ1v) is 7.92. The van der Waals surface area contributed by atoms with E-state index in [-0.39, 0.29) is 31.1 Å². The van der Waals surface area contributed by atoms with Gasteiger partial charge in [0.05, 0.1) is 0 Å². The molecule has 0 saturated carbocycles. The van der Waals surface area contributed by atoms with Crippen molar-refractivity contribution in [3.8, 4) is 0 Å². The normalized spacial score (nSPS) is 20.5. The van der Waals surface area contributed by atoms with Crippen LogP contribution >= 0.6 is 0 Å². The monoisotopic (exact) mass is 528 g/mol. The third kappa shape index (κ3) is 5.82. The van der Waals surface area contributed by atoms with Crippen molar-refractivity contribution in [3.05, 3.63) is 76.8 Å². The van der Waals surface area contributed by atoms with Gasteiger partial charge in [0.25, 0.3) is 0 Å². The van der Waals surface area contributed by atoms with E-state index in [1.54, 1.807) is 0 Å². The fraction of sp³-hybridized carbons (Fsp3) is 0.333. The second-order valence-corrected chi connectivity index (χ2v) is 5.72. The van der Waals surface area contributed by atoms with Crippen LogP contribution in [0.3, 0.4) is 0 Å². The summed E-state index contributed by atoms with van der Waals surface area (Å²) in [6, 6.07) is 0. The van der Waals surface area contributed by atoms with Gasteiger partial charge in [-0.15, -0.1) is 11.9 Å². The molecule has 0 fully saturated rings. The molecule has 0 amide bonds. The molecule has 0 N–H and O–H groups in total. The molecule has 1 heterocycles. The minimum Gasteiger partial charge on any atom is -0.459 e. The Kier molecular flexibility index (Phi) is 8.64. The Morgan fingerprint density at radius 2 is 2.22 bits per heavy atom. The Labute approximate surface area is 164 Å². The van der Waals surface area contributed by atoms with E-state index in [0.717, 1.165) is 19.3 Å². The number of nitrogens with zero attached hydrogens (tertiary/aromatic N) is 1. The average molecular weight is 528 g/mol. The summed E-state index contributed by atoms with van der Waals surface area (Å²) in [5.74, 6) is 0.542. The number of hydrogen-bond donors (Lipinski definition) is 0. The Morgan fingerprint density at radius 1 is 1.43 bits per heavy atom. The molecule has 2 aliphatic rings. The topological polar surface area (TPSA) is 12.4 Å². The van der Waals surface area contributed by atoms with Gasteiger partial charge in [-0.2, -0.15) is 12.3 Å². The maximum Gasteiger partial charge on any atom is 0.00642 e. The van der Waals surface area contributed by atoms with Crippen molar-refractivity contribution >= 4 is 6.21 Å². The predicted molar refractivity (Wildman–Crippen MR) is 95.7 cm³/mol. The zero-order chi connectivity index (χ0) is 15.9. The number of allylic oxidation sites excluding steroid dienone is 10. The second kappa shape index (κ2) is 9.94. The standard InChI is InChI=1S/C21H24N.U/c1-5-7-10-18-14-21(18)20-11-8-12-22-15-19(20)13-17(4)16(3)9-6-2;/h7-9,13-15,18H,1,6,10-11H2,2-4H3;/q-1;/b16-9-,17-13+;. The van der Waals surface area contributed by atoms with Crippen LogP contribution in [-0.4, -0.2) is 6.21 Å². The molecule has 118 valence electrons. The molecule has 1 atom stereocenters. The zero-order valence-corrected chi connectivity index (χ0v) is 18.5. The molecular formula is C21H24NU-. The van der Waals surface area contributed by atoms with E-state index in [0.29, 0.717) is 5.92 Å². The summed E-state index contributed by atoms with van der Waals surface area (Å²) in [6.07, 6.45) is 18.7. The zero-order valence-electron chi connectivity index (χ0n) is 14.3.